The normalized spacial score (nSPS) is 11.6. The van der Waals surface area contributed by atoms with E-state index in [-0.39, 0.29) is 6.04 Å². The van der Waals surface area contributed by atoms with Gasteiger partial charge in [0.25, 0.3) is 0 Å². The van der Waals surface area contributed by atoms with Crippen molar-refractivity contribution in [3.8, 4) is 6.07 Å². The third-order valence-electron chi connectivity index (χ3n) is 2.59. The number of nitrogens with one attached hydrogen (secondary N) is 1. The second kappa shape index (κ2) is 5.15. The molecular formula is C13H13N5. The zero-order valence-corrected chi connectivity index (χ0v) is 9.96. The van der Waals surface area contributed by atoms with Gasteiger partial charge in [-0.05, 0) is 24.6 Å². The van der Waals surface area contributed by atoms with Crippen LogP contribution in [0, 0.1) is 11.3 Å². The first-order valence-electron chi connectivity index (χ1n) is 5.54. The Balaban J connectivity index is 2.19. The summed E-state index contributed by atoms with van der Waals surface area (Å²) in [4.78, 5) is 8.06. The number of hydrogen-bond acceptors (Lipinski definition) is 5. The minimum absolute atomic E-state index is 0.0226. The van der Waals surface area contributed by atoms with E-state index in [4.69, 9.17) is 11.0 Å². The highest BCUT2D eigenvalue weighted by Crippen LogP contribution is 2.19. The molecule has 5 heteroatoms. The van der Waals surface area contributed by atoms with Crippen LogP contribution in [0.5, 0.6) is 0 Å². The Labute approximate surface area is 105 Å². The summed E-state index contributed by atoms with van der Waals surface area (Å²) in [5.74, 6) is 0.490. The maximum Gasteiger partial charge on any atom is 0.182 e. The van der Waals surface area contributed by atoms with Gasteiger partial charge in [-0.3, -0.25) is 0 Å². The summed E-state index contributed by atoms with van der Waals surface area (Å²) >= 11 is 0. The molecule has 0 aliphatic rings. The van der Waals surface area contributed by atoms with Crippen LogP contribution < -0.4 is 11.1 Å². The van der Waals surface area contributed by atoms with Gasteiger partial charge in [0.05, 0.1) is 6.04 Å². The quantitative estimate of drug-likeness (QED) is 0.801. The lowest BCUT2D eigenvalue weighted by atomic mass is 10.1. The Hall–Kier alpha value is -2.61. The minimum Gasteiger partial charge on any atom is -0.399 e. The average molecular weight is 239 g/mol. The number of nitrogens with two attached hydrogens (primary N) is 1. The van der Waals surface area contributed by atoms with E-state index in [1.165, 1.54) is 6.20 Å². The van der Waals surface area contributed by atoms with E-state index in [9.17, 15) is 0 Å². The molecular weight excluding hydrogens is 226 g/mol. The fourth-order valence-electron chi connectivity index (χ4n) is 1.60. The maximum absolute atomic E-state index is 8.93. The van der Waals surface area contributed by atoms with Crippen LogP contribution in [0.1, 0.15) is 24.2 Å². The fraction of sp³-hybridized carbons (Fsp3) is 0.154. The lowest BCUT2D eigenvalue weighted by Crippen LogP contribution is -2.10. The molecule has 0 spiro atoms. The Bertz CT molecular complexity index is 571. The summed E-state index contributed by atoms with van der Waals surface area (Å²) < 4.78 is 0. The van der Waals surface area contributed by atoms with Crippen molar-refractivity contribution in [3.05, 3.63) is 47.9 Å². The van der Waals surface area contributed by atoms with Crippen LogP contribution in [0.4, 0.5) is 11.5 Å². The number of nitrogens with zero attached hydrogens (tertiary/aromatic N) is 3. The number of nitrogen functional groups attached to an aromatic ring is 1. The predicted molar refractivity (Wildman–Crippen MR) is 69.6 cm³/mol. The van der Waals surface area contributed by atoms with E-state index in [0.29, 0.717) is 11.5 Å². The molecule has 1 aromatic heterocycles. The fourth-order valence-corrected chi connectivity index (χ4v) is 1.60. The SMILES string of the molecule is CC(Nc1nccnc1C#N)c1ccc(N)cc1. The molecule has 0 amide bonds. The highest BCUT2D eigenvalue weighted by Gasteiger charge is 2.09. The predicted octanol–water partition coefficient (Wildman–Crippen LogP) is 2.10. The summed E-state index contributed by atoms with van der Waals surface area (Å²) in [5, 5.41) is 12.1. The van der Waals surface area contributed by atoms with Crippen molar-refractivity contribution in [2.45, 2.75) is 13.0 Å². The first-order chi connectivity index (χ1) is 8.70. The lowest BCUT2D eigenvalue weighted by Gasteiger charge is -2.15. The Morgan fingerprint density at radius 1 is 1.22 bits per heavy atom. The third-order valence-corrected chi connectivity index (χ3v) is 2.59. The molecule has 90 valence electrons. The molecule has 3 N–H and O–H groups in total. The highest BCUT2D eigenvalue weighted by molar-refractivity contribution is 5.49. The molecule has 0 aliphatic carbocycles. The zero-order chi connectivity index (χ0) is 13.0. The van der Waals surface area contributed by atoms with Crippen molar-refractivity contribution >= 4 is 11.5 Å². The van der Waals surface area contributed by atoms with E-state index < -0.39 is 0 Å². The number of rotatable bonds is 3. The summed E-state index contributed by atoms with van der Waals surface area (Å²) in [6.45, 7) is 1.99. The molecule has 1 heterocycles. The number of aromatic nitrogens is 2. The molecule has 5 nitrogen and oxygen atoms in total. The molecule has 2 aromatic rings. The number of hydrogen-bond donors (Lipinski definition) is 2. The Morgan fingerprint density at radius 2 is 1.89 bits per heavy atom. The second-order valence-electron chi connectivity index (χ2n) is 3.90. The van der Waals surface area contributed by atoms with Gasteiger partial charge >= 0.3 is 0 Å². The first kappa shape index (κ1) is 11.9. The van der Waals surface area contributed by atoms with Crippen LogP contribution >= 0.6 is 0 Å². The van der Waals surface area contributed by atoms with E-state index in [2.05, 4.69) is 15.3 Å². The number of anilines is 2. The van der Waals surface area contributed by atoms with Crippen LogP contribution in [-0.4, -0.2) is 9.97 Å². The summed E-state index contributed by atoms with van der Waals surface area (Å²) in [7, 11) is 0. The van der Waals surface area contributed by atoms with Crippen LogP contribution in [0.25, 0.3) is 0 Å². The third kappa shape index (κ3) is 2.55. The molecule has 1 atom stereocenters. The van der Waals surface area contributed by atoms with Crippen LogP contribution in [-0.2, 0) is 0 Å². The standard InChI is InChI=1S/C13H13N5/c1-9(10-2-4-11(15)5-3-10)18-13-12(8-14)16-6-7-17-13/h2-7,9H,15H2,1H3,(H,17,18). The van der Waals surface area contributed by atoms with Gasteiger partial charge in [0, 0.05) is 18.1 Å². The average Bonchev–Trinajstić information content (AvgIpc) is 2.40. The smallest absolute Gasteiger partial charge is 0.182 e. The van der Waals surface area contributed by atoms with Crippen molar-refractivity contribution in [1.82, 2.24) is 9.97 Å². The van der Waals surface area contributed by atoms with Gasteiger partial charge in [-0.1, -0.05) is 12.1 Å². The zero-order valence-electron chi connectivity index (χ0n) is 9.96. The highest BCUT2D eigenvalue weighted by atomic mass is 15.0. The van der Waals surface area contributed by atoms with Crippen LogP contribution in [0.3, 0.4) is 0 Å². The summed E-state index contributed by atoms with van der Waals surface area (Å²) in [5.41, 5.74) is 7.72. The van der Waals surface area contributed by atoms with Crippen LogP contribution in [0.2, 0.25) is 0 Å². The van der Waals surface area contributed by atoms with Crippen molar-refractivity contribution in [2.24, 2.45) is 0 Å². The van der Waals surface area contributed by atoms with E-state index >= 15 is 0 Å². The van der Waals surface area contributed by atoms with Gasteiger partial charge < -0.3 is 11.1 Å². The topological polar surface area (TPSA) is 87.6 Å². The molecule has 1 aromatic carbocycles. The molecule has 0 saturated carbocycles. The van der Waals surface area contributed by atoms with Crippen molar-refractivity contribution in [3.63, 3.8) is 0 Å². The van der Waals surface area contributed by atoms with E-state index in [0.717, 1.165) is 11.3 Å². The molecule has 1 unspecified atom stereocenters. The van der Waals surface area contributed by atoms with Gasteiger partial charge in [-0.25, -0.2) is 9.97 Å². The summed E-state index contributed by atoms with van der Waals surface area (Å²) in [6.07, 6.45) is 3.05. The number of benzene rings is 1. The molecule has 0 fully saturated rings. The second-order valence-corrected chi connectivity index (χ2v) is 3.90. The van der Waals surface area contributed by atoms with Gasteiger partial charge in [0.2, 0.25) is 0 Å². The van der Waals surface area contributed by atoms with E-state index in [1.54, 1.807) is 6.20 Å². The van der Waals surface area contributed by atoms with Crippen LogP contribution in [0.15, 0.2) is 36.7 Å². The Morgan fingerprint density at radius 3 is 2.56 bits per heavy atom. The molecule has 18 heavy (non-hydrogen) atoms. The maximum atomic E-state index is 8.93. The summed E-state index contributed by atoms with van der Waals surface area (Å²) in [6, 6.07) is 9.59. The lowest BCUT2D eigenvalue weighted by molar-refractivity contribution is 0.869. The van der Waals surface area contributed by atoms with Crippen molar-refractivity contribution in [2.75, 3.05) is 11.1 Å². The first-order valence-corrected chi connectivity index (χ1v) is 5.54. The number of nitriles is 1. The van der Waals surface area contributed by atoms with Gasteiger partial charge in [0.15, 0.2) is 11.5 Å². The Kier molecular flexibility index (Phi) is 3.39. The monoisotopic (exact) mass is 239 g/mol. The largest absolute Gasteiger partial charge is 0.399 e. The van der Waals surface area contributed by atoms with E-state index in [1.807, 2.05) is 37.3 Å². The van der Waals surface area contributed by atoms with Gasteiger partial charge in [-0.2, -0.15) is 5.26 Å². The van der Waals surface area contributed by atoms with Gasteiger partial charge in [-0.15, -0.1) is 0 Å². The molecule has 0 radical (unpaired) electrons. The molecule has 0 saturated heterocycles. The van der Waals surface area contributed by atoms with Crippen molar-refractivity contribution < 1.29 is 0 Å². The molecule has 2 rings (SSSR count). The minimum atomic E-state index is 0.0226. The van der Waals surface area contributed by atoms with Gasteiger partial charge in [0.1, 0.15) is 6.07 Å². The molecule has 0 bridgehead atoms. The van der Waals surface area contributed by atoms with Crippen molar-refractivity contribution in [1.29, 1.82) is 5.26 Å². The molecule has 0 aliphatic heterocycles.